The number of amides is 2. The summed E-state index contributed by atoms with van der Waals surface area (Å²) in [6, 6.07) is 14.1. The molecule has 2 amide bonds. The fourth-order valence-corrected chi connectivity index (χ4v) is 2.44. The summed E-state index contributed by atoms with van der Waals surface area (Å²) in [5, 5.41) is 5.60. The van der Waals surface area contributed by atoms with Crippen LogP contribution in [0.15, 0.2) is 48.5 Å². The lowest BCUT2D eigenvalue weighted by Crippen LogP contribution is -2.33. The molecule has 108 valence electrons. The standard InChI is InChI=1S/C15H12ClIN2O2/c16-13-7-2-1-6-12(13)15(21)18-9-14(20)19-11-5-3-4-10(17)8-11/h1-8H,9H2,(H,18,21)(H,19,20). The monoisotopic (exact) mass is 414 g/mol. The van der Waals surface area contributed by atoms with Crippen LogP contribution in [0, 0.1) is 3.57 Å². The average Bonchev–Trinajstić information content (AvgIpc) is 2.45. The quantitative estimate of drug-likeness (QED) is 0.754. The molecule has 0 saturated carbocycles. The lowest BCUT2D eigenvalue weighted by molar-refractivity contribution is -0.115. The number of rotatable bonds is 4. The number of anilines is 1. The maximum atomic E-state index is 11.9. The fraction of sp³-hybridized carbons (Fsp3) is 0.0667. The Hall–Kier alpha value is -1.60. The minimum Gasteiger partial charge on any atom is -0.343 e. The molecule has 0 aromatic heterocycles. The summed E-state index contributed by atoms with van der Waals surface area (Å²) in [6.07, 6.45) is 0. The molecular formula is C15H12ClIN2O2. The van der Waals surface area contributed by atoms with E-state index in [2.05, 4.69) is 33.2 Å². The minimum absolute atomic E-state index is 0.116. The van der Waals surface area contributed by atoms with Crippen LogP contribution in [-0.4, -0.2) is 18.4 Å². The molecule has 0 radical (unpaired) electrons. The van der Waals surface area contributed by atoms with Crippen molar-refractivity contribution in [3.8, 4) is 0 Å². The Balaban J connectivity index is 1.90. The first-order chi connectivity index (χ1) is 10.1. The van der Waals surface area contributed by atoms with Crippen molar-refractivity contribution in [3.05, 3.63) is 62.7 Å². The predicted octanol–water partition coefficient (Wildman–Crippen LogP) is 3.31. The number of carbonyl (C=O) groups is 2. The van der Waals surface area contributed by atoms with E-state index < -0.39 is 0 Å². The second kappa shape index (κ2) is 7.42. The third-order valence-electron chi connectivity index (χ3n) is 2.64. The maximum Gasteiger partial charge on any atom is 0.253 e. The van der Waals surface area contributed by atoms with Crippen molar-refractivity contribution in [1.29, 1.82) is 0 Å². The van der Waals surface area contributed by atoms with Crippen molar-refractivity contribution in [2.24, 2.45) is 0 Å². The summed E-state index contributed by atoms with van der Waals surface area (Å²) >= 11 is 8.08. The molecule has 0 unspecified atom stereocenters. The van der Waals surface area contributed by atoms with Crippen LogP contribution in [-0.2, 0) is 4.79 Å². The summed E-state index contributed by atoms with van der Waals surface area (Å²) in [5.41, 5.74) is 1.04. The van der Waals surface area contributed by atoms with Gasteiger partial charge in [-0.2, -0.15) is 0 Å². The van der Waals surface area contributed by atoms with Crippen molar-refractivity contribution in [2.75, 3.05) is 11.9 Å². The largest absolute Gasteiger partial charge is 0.343 e. The summed E-state index contributed by atoms with van der Waals surface area (Å²) in [7, 11) is 0. The highest BCUT2D eigenvalue weighted by molar-refractivity contribution is 14.1. The Morgan fingerprint density at radius 1 is 1.10 bits per heavy atom. The number of carbonyl (C=O) groups excluding carboxylic acids is 2. The smallest absolute Gasteiger partial charge is 0.253 e. The number of benzene rings is 2. The highest BCUT2D eigenvalue weighted by Crippen LogP contribution is 2.14. The van der Waals surface area contributed by atoms with Crippen molar-refractivity contribution in [2.45, 2.75) is 0 Å². The molecule has 0 aliphatic rings. The Labute approximate surface area is 141 Å². The van der Waals surface area contributed by atoms with Crippen LogP contribution in [0.3, 0.4) is 0 Å². The molecule has 6 heteroatoms. The van der Waals surface area contributed by atoms with Crippen LogP contribution < -0.4 is 10.6 Å². The number of halogens is 2. The van der Waals surface area contributed by atoms with Gasteiger partial charge in [-0.3, -0.25) is 9.59 Å². The molecule has 2 rings (SSSR count). The number of hydrogen-bond donors (Lipinski definition) is 2. The summed E-state index contributed by atoms with van der Waals surface area (Å²) in [6.45, 7) is -0.116. The third kappa shape index (κ3) is 4.71. The van der Waals surface area contributed by atoms with Gasteiger partial charge in [-0.1, -0.05) is 29.8 Å². The molecule has 0 fully saturated rings. The first kappa shape index (κ1) is 15.8. The molecule has 0 aliphatic heterocycles. The van der Waals surface area contributed by atoms with Crippen LogP contribution in [0.2, 0.25) is 5.02 Å². The van der Waals surface area contributed by atoms with Gasteiger partial charge in [0.05, 0.1) is 17.1 Å². The molecule has 2 aromatic rings. The van der Waals surface area contributed by atoms with Gasteiger partial charge in [-0.25, -0.2) is 0 Å². The van der Waals surface area contributed by atoms with E-state index in [1.807, 2.05) is 18.2 Å². The Kier molecular flexibility index (Phi) is 5.58. The Morgan fingerprint density at radius 2 is 1.86 bits per heavy atom. The first-order valence-electron chi connectivity index (χ1n) is 6.14. The fourth-order valence-electron chi connectivity index (χ4n) is 1.67. The number of nitrogens with one attached hydrogen (secondary N) is 2. The van der Waals surface area contributed by atoms with Gasteiger partial charge in [0.25, 0.3) is 5.91 Å². The van der Waals surface area contributed by atoms with Gasteiger partial charge in [0.2, 0.25) is 5.91 Å². The van der Waals surface area contributed by atoms with E-state index in [9.17, 15) is 9.59 Å². The Morgan fingerprint density at radius 3 is 2.57 bits per heavy atom. The molecular weight excluding hydrogens is 403 g/mol. The van der Waals surface area contributed by atoms with Crippen molar-refractivity contribution < 1.29 is 9.59 Å². The van der Waals surface area contributed by atoms with E-state index in [0.717, 1.165) is 3.57 Å². The molecule has 0 saturated heterocycles. The van der Waals surface area contributed by atoms with Gasteiger partial charge in [-0.05, 0) is 52.9 Å². The maximum absolute atomic E-state index is 11.9. The van der Waals surface area contributed by atoms with Crippen molar-refractivity contribution in [3.63, 3.8) is 0 Å². The highest BCUT2D eigenvalue weighted by Gasteiger charge is 2.11. The van der Waals surface area contributed by atoms with Crippen LogP contribution in [0.5, 0.6) is 0 Å². The number of hydrogen-bond acceptors (Lipinski definition) is 2. The van der Waals surface area contributed by atoms with Crippen LogP contribution in [0.1, 0.15) is 10.4 Å². The van der Waals surface area contributed by atoms with Gasteiger partial charge < -0.3 is 10.6 Å². The van der Waals surface area contributed by atoms with E-state index in [0.29, 0.717) is 16.3 Å². The zero-order chi connectivity index (χ0) is 15.2. The molecule has 0 spiro atoms. The zero-order valence-corrected chi connectivity index (χ0v) is 13.8. The van der Waals surface area contributed by atoms with Crippen molar-refractivity contribution in [1.82, 2.24) is 5.32 Å². The molecule has 0 aliphatic carbocycles. The van der Waals surface area contributed by atoms with E-state index in [4.69, 9.17) is 11.6 Å². The molecule has 0 heterocycles. The third-order valence-corrected chi connectivity index (χ3v) is 3.64. The average molecular weight is 415 g/mol. The van der Waals surface area contributed by atoms with Gasteiger partial charge in [0.15, 0.2) is 0 Å². The zero-order valence-electron chi connectivity index (χ0n) is 10.9. The Bertz CT molecular complexity index is 676. The van der Waals surface area contributed by atoms with Gasteiger partial charge in [-0.15, -0.1) is 0 Å². The van der Waals surface area contributed by atoms with Gasteiger partial charge in [0.1, 0.15) is 0 Å². The van der Waals surface area contributed by atoms with E-state index in [1.54, 1.807) is 30.3 Å². The highest BCUT2D eigenvalue weighted by atomic mass is 127. The lowest BCUT2D eigenvalue weighted by atomic mass is 10.2. The van der Waals surface area contributed by atoms with Crippen molar-refractivity contribution >= 4 is 51.7 Å². The molecule has 21 heavy (non-hydrogen) atoms. The molecule has 0 bridgehead atoms. The van der Waals surface area contributed by atoms with Gasteiger partial charge in [0, 0.05) is 9.26 Å². The normalized spacial score (nSPS) is 10.0. The summed E-state index contributed by atoms with van der Waals surface area (Å²) in [4.78, 5) is 23.7. The minimum atomic E-state index is -0.376. The molecule has 2 aromatic carbocycles. The SMILES string of the molecule is O=C(CNC(=O)c1ccccc1Cl)Nc1cccc(I)c1. The molecule has 4 nitrogen and oxygen atoms in total. The lowest BCUT2D eigenvalue weighted by Gasteiger charge is -2.08. The predicted molar refractivity (Wildman–Crippen MR) is 91.6 cm³/mol. The topological polar surface area (TPSA) is 58.2 Å². The van der Waals surface area contributed by atoms with E-state index in [1.165, 1.54) is 0 Å². The summed E-state index contributed by atoms with van der Waals surface area (Å²) < 4.78 is 1.02. The van der Waals surface area contributed by atoms with Crippen LogP contribution in [0.4, 0.5) is 5.69 Å². The van der Waals surface area contributed by atoms with E-state index in [-0.39, 0.29) is 18.4 Å². The molecule has 2 N–H and O–H groups in total. The van der Waals surface area contributed by atoms with E-state index >= 15 is 0 Å². The second-order valence-electron chi connectivity index (χ2n) is 4.22. The van der Waals surface area contributed by atoms with Gasteiger partial charge >= 0.3 is 0 Å². The van der Waals surface area contributed by atoms with Crippen LogP contribution in [0.25, 0.3) is 0 Å². The second-order valence-corrected chi connectivity index (χ2v) is 5.87. The molecule has 0 atom stereocenters. The van der Waals surface area contributed by atoms with Crippen LogP contribution >= 0.6 is 34.2 Å². The first-order valence-corrected chi connectivity index (χ1v) is 7.60. The summed E-state index contributed by atoms with van der Waals surface area (Å²) in [5.74, 6) is -0.671.